The molecule has 3 aromatic rings. The summed E-state index contributed by atoms with van der Waals surface area (Å²) >= 11 is 11.0. The Kier molecular flexibility index (Phi) is 6.43. The Labute approximate surface area is 176 Å². The first-order valence-electron chi connectivity index (χ1n) is 8.40. The van der Waals surface area contributed by atoms with E-state index in [4.69, 9.17) is 33.3 Å². The van der Waals surface area contributed by atoms with Crippen LogP contribution in [-0.4, -0.2) is 22.1 Å². The molecule has 0 atom stereocenters. The summed E-state index contributed by atoms with van der Waals surface area (Å²) in [5, 5.41) is 14.9. The Hall–Kier alpha value is -3.42. The van der Waals surface area contributed by atoms with Crippen LogP contribution in [0.5, 0.6) is 0 Å². The minimum Gasteiger partial charge on any atom is -0.478 e. The van der Waals surface area contributed by atoms with Crippen LogP contribution in [0.1, 0.15) is 16.1 Å². The van der Waals surface area contributed by atoms with Crippen molar-refractivity contribution in [3.63, 3.8) is 0 Å². The highest BCUT2D eigenvalue weighted by Gasteiger charge is 2.06. The van der Waals surface area contributed by atoms with Crippen molar-refractivity contribution in [3.8, 4) is 11.3 Å². The van der Waals surface area contributed by atoms with Crippen molar-refractivity contribution in [3.05, 3.63) is 83.1 Å². The topological polar surface area (TPSA) is 91.6 Å². The van der Waals surface area contributed by atoms with Gasteiger partial charge in [0.1, 0.15) is 11.5 Å². The van der Waals surface area contributed by atoms with Crippen LogP contribution in [0.15, 0.2) is 71.2 Å². The predicted octanol–water partition coefficient (Wildman–Crippen LogP) is 4.82. The molecule has 0 radical (unpaired) electrons. The molecular formula is C21H15ClN2O4S. The molecular weight excluding hydrogens is 412 g/mol. The maximum Gasteiger partial charge on any atom is 0.335 e. The number of carbonyl (C=O) groups is 2. The van der Waals surface area contributed by atoms with Gasteiger partial charge in [0.15, 0.2) is 5.11 Å². The van der Waals surface area contributed by atoms with Crippen LogP contribution in [-0.2, 0) is 4.79 Å². The molecule has 3 N–H and O–H groups in total. The van der Waals surface area contributed by atoms with Crippen molar-refractivity contribution in [1.82, 2.24) is 5.32 Å². The minimum absolute atomic E-state index is 0.0871. The van der Waals surface area contributed by atoms with E-state index in [0.29, 0.717) is 22.2 Å². The SMILES string of the molecule is O=C(/C=C/c1ccc(-c2ccc(Cl)cc2)o1)NC(=S)Nc1ccc(C(=O)O)cc1. The van der Waals surface area contributed by atoms with Gasteiger partial charge in [-0.25, -0.2) is 4.79 Å². The van der Waals surface area contributed by atoms with Gasteiger partial charge in [-0.15, -0.1) is 0 Å². The first kappa shape index (κ1) is 20.3. The lowest BCUT2D eigenvalue weighted by atomic mass is 10.2. The zero-order chi connectivity index (χ0) is 20.8. The van der Waals surface area contributed by atoms with E-state index >= 15 is 0 Å². The Bertz CT molecular complexity index is 1070. The summed E-state index contributed by atoms with van der Waals surface area (Å²) in [5.74, 6) is -0.291. The van der Waals surface area contributed by atoms with Crippen LogP contribution in [0, 0.1) is 0 Å². The molecule has 6 nitrogen and oxygen atoms in total. The number of hydrogen-bond donors (Lipinski definition) is 3. The number of benzene rings is 2. The van der Waals surface area contributed by atoms with E-state index in [-0.39, 0.29) is 10.7 Å². The third-order valence-corrected chi connectivity index (χ3v) is 4.24. The second kappa shape index (κ2) is 9.18. The third kappa shape index (κ3) is 5.78. The maximum absolute atomic E-state index is 12.0. The lowest BCUT2D eigenvalue weighted by molar-refractivity contribution is -0.115. The number of carbonyl (C=O) groups excluding carboxylic acids is 1. The van der Waals surface area contributed by atoms with Crippen molar-refractivity contribution in [2.24, 2.45) is 0 Å². The van der Waals surface area contributed by atoms with E-state index in [2.05, 4.69) is 10.6 Å². The van der Waals surface area contributed by atoms with Gasteiger partial charge in [-0.2, -0.15) is 0 Å². The molecule has 1 aromatic heterocycles. The van der Waals surface area contributed by atoms with Crippen molar-refractivity contribution in [1.29, 1.82) is 0 Å². The van der Waals surface area contributed by atoms with Crippen molar-refractivity contribution >= 4 is 52.6 Å². The molecule has 0 aliphatic rings. The molecule has 1 amide bonds. The third-order valence-electron chi connectivity index (χ3n) is 3.78. The van der Waals surface area contributed by atoms with Gasteiger partial charge >= 0.3 is 5.97 Å². The number of anilines is 1. The molecule has 0 saturated heterocycles. The molecule has 0 aliphatic heterocycles. The molecule has 0 unspecified atom stereocenters. The zero-order valence-electron chi connectivity index (χ0n) is 14.9. The second-order valence-electron chi connectivity index (χ2n) is 5.87. The Balaban J connectivity index is 1.54. The van der Waals surface area contributed by atoms with Crippen molar-refractivity contribution in [2.75, 3.05) is 5.32 Å². The lowest BCUT2D eigenvalue weighted by Crippen LogP contribution is -2.32. The second-order valence-corrected chi connectivity index (χ2v) is 6.71. The summed E-state index contributed by atoms with van der Waals surface area (Å²) in [4.78, 5) is 22.9. The van der Waals surface area contributed by atoms with E-state index in [0.717, 1.165) is 5.56 Å². The quantitative estimate of drug-likeness (QED) is 0.400. The zero-order valence-corrected chi connectivity index (χ0v) is 16.5. The summed E-state index contributed by atoms with van der Waals surface area (Å²) in [5.41, 5.74) is 1.59. The summed E-state index contributed by atoms with van der Waals surface area (Å²) in [6.07, 6.45) is 2.82. The highest BCUT2D eigenvalue weighted by atomic mass is 35.5. The Morgan fingerprint density at radius 1 is 1.00 bits per heavy atom. The highest BCUT2D eigenvalue weighted by Crippen LogP contribution is 2.24. The molecule has 0 bridgehead atoms. The van der Waals surface area contributed by atoms with Gasteiger partial charge in [-0.05, 0) is 79.0 Å². The van der Waals surface area contributed by atoms with Crippen LogP contribution in [0.2, 0.25) is 5.02 Å². The Morgan fingerprint density at radius 2 is 1.69 bits per heavy atom. The molecule has 0 spiro atoms. The van der Waals surface area contributed by atoms with E-state index in [1.54, 1.807) is 36.4 Å². The number of amides is 1. The number of hydrogen-bond acceptors (Lipinski definition) is 4. The summed E-state index contributed by atoms with van der Waals surface area (Å²) < 4.78 is 5.68. The predicted molar refractivity (Wildman–Crippen MR) is 116 cm³/mol. The average molecular weight is 427 g/mol. The van der Waals surface area contributed by atoms with E-state index < -0.39 is 11.9 Å². The fourth-order valence-corrected chi connectivity index (χ4v) is 2.73. The van der Waals surface area contributed by atoms with Gasteiger partial charge in [0, 0.05) is 22.3 Å². The number of carboxylic acids is 1. The molecule has 0 saturated carbocycles. The van der Waals surface area contributed by atoms with Crippen LogP contribution >= 0.6 is 23.8 Å². The van der Waals surface area contributed by atoms with Gasteiger partial charge in [0.25, 0.3) is 0 Å². The smallest absolute Gasteiger partial charge is 0.335 e. The summed E-state index contributed by atoms with van der Waals surface area (Å²) in [6.45, 7) is 0. The Morgan fingerprint density at radius 3 is 2.34 bits per heavy atom. The number of aromatic carboxylic acids is 1. The molecule has 1 heterocycles. The first-order valence-corrected chi connectivity index (χ1v) is 9.18. The molecule has 0 fully saturated rings. The van der Waals surface area contributed by atoms with Crippen molar-refractivity contribution in [2.45, 2.75) is 0 Å². The molecule has 3 rings (SSSR count). The first-order chi connectivity index (χ1) is 13.9. The van der Waals surface area contributed by atoms with Crippen LogP contribution in [0.3, 0.4) is 0 Å². The number of rotatable bonds is 5. The average Bonchev–Trinajstić information content (AvgIpc) is 3.16. The monoisotopic (exact) mass is 426 g/mol. The fourth-order valence-electron chi connectivity index (χ4n) is 2.38. The van der Waals surface area contributed by atoms with E-state index in [1.165, 1.54) is 24.3 Å². The van der Waals surface area contributed by atoms with Gasteiger partial charge in [0.05, 0.1) is 5.56 Å². The summed E-state index contributed by atoms with van der Waals surface area (Å²) in [6, 6.07) is 16.7. The molecule has 2 aromatic carbocycles. The maximum atomic E-state index is 12.0. The number of carboxylic acid groups (broad SMARTS) is 1. The van der Waals surface area contributed by atoms with Crippen LogP contribution < -0.4 is 10.6 Å². The molecule has 29 heavy (non-hydrogen) atoms. The summed E-state index contributed by atoms with van der Waals surface area (Å²) in [7, 11) is 0. The van der Waals surface area contributed by atoms with Gasteiger partial charge in [0.2, 0.25) is 5.91 Å². The molecule has 8 heteroatoms. The number of nitrogens with one attached hydrogen (secondary N) is 2. The minimum atomic E-state index is -1.02. The number of thiocarbonyl (C=S) groups is 1. The normalized spacial score (nSPS) is 10.7. The molecule has 146 valence electrons. The van der Waals surface area contributed by atoms with Gasteiger partial charge in [-0.1, -0.05) is 11.6 Å². The van der Waals surface area contributed by atoms with Gasteiger partial charge in [-0.3, -0.25) is 10.1 Å². The largest absolute Gasteiger partial charge is 0.478 e. The van der Waals surface area contributed by atoms with E-state index in [1.807, 2.05) is 12.1 Å². The molecule has 0 aliphatic carbocycles. The van der Waals surface area contributed by atoms with Crippen LogP contribution in [0.25, 0.3) is 17.4 Å². The number of furan rings is 1. The lowest BCUT2D eigenvalue weighted by Gasteiger charge is -2.08. The highest BCUT2D eigenvalue weighted by molar-refractivity contribution is 7.80. The van der Waals surface area contributed by atoms with Gasteiger partial charge < -0.3 is 14.8 Å². The van der Waals surface area contributed by atoms with Crippen LogP contribution in [0.4, 0.5) is 5.69 Å². The number of halogens is 1. The van der Waals surface area contributed by atoms with E-state index in [9.17, 15) is 9.59 Å². The van der Waals surface area contributed by atoms with Crippen molar-refractivity contribution < 1.29 is 19.1 Å². The fraction of sp³-hybridized carbons (Fsp3) is 0. The standard InChI is InChI=1S/C21H15ClN2O4S/c22-15-5-1-13(2-6-15)18-11-9-17(28-18)10-12-19(25)24-21(29)23-16-7-3-14(4-8-16)20(26)27/h1-12H,(H,26,27)(H2,23,24,25,29)/b12-10+.